The Bertz CT molecular complexity index is 850. The molecule has 2 heterocycles. The number of aromatic nitrogens is 1. The molecular formula is C19H20F2N4O3. The lowest BCUT2D eigenvalue weighted by atomic mass is 10.2. The van der Waals surface area contributed by atoms with Crippen LogP contribution in [0.4, 0.5) is 25.0 Å². The molecule has 1 aliphatic heterocycles. The maximum atomic E-state index is 13.7. The van der Waals surface area contributed by atoms with Gasteiger partial charge in [0.15, 0.2) is 0 Å². The number of hydrogen-bond donors (Lipinski definition) is 1. The van der Waals surface area contributed by atoms with E-state index in [1.54, 1.807) is 24.1 Å². The lowest BCUT2D eigenvalue weighted by molar-refractivity contribution is 0.102. The summed E-state index contributed by atoms with van der Waals surface area (Å²) in [5.41, 5.74) is 0.360. The van der Waals surface area contributed by atoms with E-state index >= 15 is 0 Å². The van der Waals surface area contributed by atoms with Gasteiger partial charge in [-0.25, -0.2) is 13.6 Å². The Hall–Kier alpha value is -3.23. The van der Waals surface area contributed by atoms with Crippen molar-refractivity contribution in [3.05, 3.63) is 53.9 Å². The molecule has 1 aliphatic rings. The number of pyridine rings is 1. The molecule has 1 aromatic heterocycles. The number of rotatable bonds is 4. The molecule has 0 aliphatic carbocycles. The summed E-state index contributed by atoms with van der Waals surface area (Å²) in [5.74, 6) is -2.37. The lowest BCUT2D eigenvalue weighted by Crippen LogP contribution is -2.49. The van der Waals surface area contributed by atoms with Gasteiger partial charge in [0.05, 0.1) is 24.1 Å². The second-order valence-corrected chi connectivity index (χ2v) is 6.16. The van der Waals surface area contributed by atoms with Crippen molar-refractivity contribution in [3.63, 3.8) is 0 Å². The maximum Gasteiger partial charge on any atom is 0.409 e. The van der Waals surface area contributed by atoms with Crippen LogP contribution in [-0.4, -0.2) is 54.7 Å². The first-order valence-electron chi connectivity index (χ1n) is 8.86. The molecule has 1 fully saturated rings. The Labute approximate surface area is 160 Å². The summed E-state index contributed by atoms with van der Waals surface area (Å²) >= 11 is 0. The summed E-state index contributed by atoms with van der Waals surface area (Å²) < 4.78 is 32.5. The van der Waals surface area contributed by atoms with Crippen molar-refractivity contribution >= 4 is 23.4 Å². The van der Waals surface area contributed by atoms with Crippen molar-refractivity contribution in [2.45, 2.75) is 6.92 Å². The van der Waals surface area contributed by atoms with E-state index in [0.717, 1.165) is 12.1 Å². The fourth-order valence-corrected chi connectivity index (χ4v) is 2.89. The molecular weight excluding hydrogens is 370 g/mol. The third-order valence-corrected chi connectivity index (χ3v) is 4.36. The molecule has 3 rings (SSSR count). The number of carbonyl (C=O) groups excluding carboxylic acids is 2. The zero-order valence-electron chi connectivity index (χ0n) is 15.3. The average Bonchev–Trinajstić information content (AvgIpc) is 2.71. The second kappa shape index (κ2) is 8.64. The van der Waals surface area contributed by atoms with Gasteiger partial charge in [-0.3, -0.25) is 9.78 Å². The Morgan fingerprint density at radius 2 is 1.82 bits per heavy atom. The number of nitrogens with zero attached hydrogens (tertiary/aromatic N) is 3. The van der Waals surface area contributed by atoms with Gasteiger partial charge in [-0.05, 0) is 25.1 Å². The van der Waals surface area contributed by atoms with E-state index in [9.17, 15) is 18.4 Å². The topological polar surface area (TPSA) is 74.8 Å². The van der Waals surface area contributed by atoms with Crippen molar-refractivity contribution in [1.29, 1.82) is 0 Å². The summed E-state index contributed by atoms with van der Waals surface area (Å²) in [6, 6.07) is 4.95. The minimum absolute atomic E-state index is 0.174. The second-order valence-electron chi connectivity index (χ2n) is 6.16. The third kappa shape index (κ3) is 4.36. The van der Waals surface area contributed by atoms with Crippen molar-refractivity contribution in [1.82, 2.24) is 9.88 Å². The van der Waals surface area contributed by atoms with Gasteiger partial charge in [0.2, 0.25) is 0 Å². The first-order chi connectivity index (χ1) is 13.5. The maximum absolute atomic E-state index is 13.7. The molecule has 2 amide bonds. The number of nitrogens with one attached hydrogen (secondary N) is 1. The highest BCUT2D eigenvalue weighted by Crippen LogP contribution is 2.21. The molecule has 1 N–H and O–H groups in total. The van der Waals surface area contributed by atoms with Crippen LogP contribution in [0.3, 0.4) is 0 Å². The molecule has 148 valence electrons. The van der Waals surface area contributed by atoms with E-state index in [4.69, 9.17) is 4.74 Å². The molecule has 0 spiro atoms. The van der Waals surface area contributed by atoms with Gasteiger partial charge in [0, 0.05) is 32.4 Å². The quantitative estimate of drug-likeness (QED) is 0.869. The molecule has 9 heteroatoms. The van der Waals surface area contributed by atoms with Crippen molar-refractivity contribution in [3.8, 4) is 0 Å². The van der Waals surface area contributed by atoms with Crippen LogP contribution in [0.2, 0.25) is 0 Å². The van der Waals surface area contributed by atoms with E-state index in [-0.39, 0.29) is 11.7 Å². The molecule has 0 radical (unpaired) electrons. The molecule has 1 aromatic carbocycles. The molecule has 1 saturated heterocycles. The van der Waals surface area contributed by atoms with E-state index in [2.05, 4.69) is 10.3 Å². The molecule has 0 atom stereocenters. The number of halogens is 2. The summed E-state index contributed by atoms with van der Waals surface area (Å²) in [4.78, 5) is 31.8. The fraction of sp³-hybridized carbons (Fsp3) is 0.316. The minimum Gasteiger partial charge on any atom is -0.450 e. The van der Waals surface area contributed by atoms with Crippen LogP contribution in [0, 0.1) is 11.6 Å². The van der Waals surface area contributed by atoms with E-state index in [1.165, 1.54) is 12.3 Å². The Kier molecular flexibility index (Phi) is 6.03. The van der Waals surface area contributed by atoms with E-state index in [0.29, 0.717) is 38.5 Å². The van der Waals surface area contributed by atoms with Crippen molar-refractivity contribution in [2.24, 2.45) is 0 Å². The van der Waals surface area contributed by atoms with Crippen LogP contribution in [0.25, 0.3) is 0 Å². The minimum atomic E-state index is -0.854. The first-order valence-corrected chi connectivity index (χ1v) is 8.86. The van der Waals surface area contributed by atoms with E-state index < -0.39 is 23.2 Å². The van der Waals surface area contributed by atoms with Crippen LogP contribution in [0.1, 0.15) is 17.3 Å². The summed E-state index contributed by atoms with van der Waals surface area (Å²) in [7, 11) is 0. The zero-order valence-corrected chi connectivity index (χ0v) is 15.3. The highest BCUT2D eigenvalue weighted by Gasteiger charge is 2.23. The predicted molar refractivity (Wildman–Crippen MR) is 99.4 cm³/mol. The monoisotopic (exact) mass is 390 g/mol. The van der Waals surface area contributed by atoms with Gasteiger partial charge in [-0.15, -0.1) is 0 Å². The average molecular weight is 390 g/mol. The summed E-state index contributed by atoms with van der Waals surface area (Å²) in [6.07, 6.45) is 2.58. The summed E-state index contributed by atoms with van der Waals surface area (Å²) in [6.45, 7) is 4.14. The third-order valence-electron chi connectivity index (χ3n) is 4.36. The number of benzene rings is 1. The summed E-state index contributed by atoms with van der Waals surface area (Å²) in [5, 5.41) is 2.24. The predicted octanol–water partition coefficient (Wildman–Crippen LogP) is 2.89. The van der Waals surface area contributed by atoms with Crippen LogP contribution >= 0.6 is 0 Å². The van der Waals surface area contributed by atoms with Crippen molar-refractivity contribution < 1.29 is 23.1 Å². The Morgan fingerprint density at radius 3 is 2.46 bits per heavy atom. The smallest absolute Gasteiger partial charge is 0.409 e. The number of amides is 2. The number of anilines is 2. The number of piperazine rings is 1. The lowest BCUT2D eigenvalue weighted by Gasteiger charge is -2.35. The number of hydrogen-bond acceptors (Lipinski definition) is 5. The van der Waals surface area contributed by atoms with Gasteiger partial charge >= 0.3 is 6.09 Å². The highest BCUT2D eigenvalue weighted by molar-refractivity contribution is 6.04. The van der Waals surface area contributed by atoms with Crippen LogP contribution < -0.4 is 10.2 Å². The van der Waals surface area contributed by atoms with E-state index in [1.807, 2.05) is 4.90 Å². The number of para-hydroxylation sites is 1. The molecule has 0 bridgehead atoms. The first kappa shape index (κ1) is 19.5. The molecule has 0 saturated carbocycles. The Morgan fingerprint density at radius 1 is 1.14 bits per heavy atom. The molecule has 7 nitrogen and oxygen atoms in total. The van der Waals surface area contributed by atoms with Crippen molar-refractivity contribution in [2.75, 3.05) is 43.0 Å². The standard InChI is InChI=1S/C19H20F2N4O3/c1-2-28-19(27)25-8-6-24(7-9-25)14-10-13(11-22-12-14)18(26)23-17-15(20)4-3-5-16(17)21/h3-5,10-12H,2,6-9H2,1H3,(H,23,26). The number of ether oxygens (including phenoxy) is 1. The number of carbonyl (C=O) groups is 2. The molecule has 0 unspecified atom stereocenters. The van der Waals surface area contributed by atoms with Gasteiger partial charge < -0.3 is 19.9 Å². The zero-order chi connectivity index (χ0) is 20.1. The largest absolute Gasteiger partial charge is 0.450 e. The Balaban J connectivity index is 1.68. The van der Waals surface area contributed by atoms with Gasteiger partial charge in [0.1, 0.15) is 17.3 Å². The molecule has 2 aromatic rings. The SMILES string of the molecule is CCOC(=O)N1CCN(c2cncc(C(=O)Nc3c(F)cccc3F)c2)CC1. The van der Waals surface area contributed by atoms with Crippen LogP contribution in [0.15, 0.2) is 36.7 Å². The fourth-order valence-electron chi connectivity index (χ4n) is 2.89. The van der Waals surface area contributed by atoms with Gasteiger partial charge in [-0.2, -0.15) is 0 Å². The van der Waals surface area contributed by atoms with Gasteiger partial charge in [-0.1, -0.05) is 6.07 Å². The normalized spacial score (nSPS) is 14.0. The van der Waals surface area contributed by atoms with Crippen LogP contribution in [-0.2, 0) is 4.74 Å². The van der Waals surface area contributed by atoms with Gasteiger partial charge in [0.25, 0.3) is 5.91 Å². The highest BCUT2D eigenvalue weighted by atomic mass is 19.1. The molecule has 28 heavy (non-hydrogen) atoms. The van der Waals surface area contributed by atoms with Crippen LogP contribution in [0.5, 0.6) is 0 Å².